The zero-order chi connectivity index (χ0) is 55.9. The lowest BCUT2D eigenvalue weighted by Crippen LogP contribution is -2.43. The second kappa shape index (κ2) is 27.5. The van der Waals surface area contributed by atoms with Crippen molar-refractivity contribution in [1.82, 2.24) is 20.1 Å². The van der Waals surface area contributed by atoms with E-state index in [2.05, 4.69) is 56.3 Å². The average Bonchev–Trinajstić information content (AvgIpc) is 4.04. The van der Waals surface area contributed by atoms with E-state index in [-0.39, 0.29) is 48.1 Å². The normalized spacial score (nSPS) is 15.7. The first kappa shape index (κ1) is 57.9. The molecule has 0 unspecified atom stereocenters. The fourth-order valence-electron chi connectivity index (χ4n) is 10.1. The lowest BCUT2D eigenvalue weighted by Gasteiger charge is -2.39. The van der Waals surface area contributed by atoms with Gasteiger partial charge in [0.1, 0.15) is 12.3 Å². The molecule has 2 atom stereocenters. The van der Waals surface area contributed by atoms with Crippen LogP contribution in [0.25, 0.3) is 22.0 Å². The van der Waals surface area contributed by atoms with Gasteiger partial charge in [0.05, 0.1) is 76.2 Å². The third-order valence-corrected chi connectivity index (χ3v) is 14.3. The molecule has 5 N–H and O–H groups in total. The average molecular weight is 1110 g/mol. The van der Waals surface area contributed by atoms with Crippen LogP contribution >= 0.6 is 11.6 Å². The largest absolute Gasteiger partial charge is 0.495 e. The number of halogens is 4. The van der Waals surface area contributed by atoms with Crippen LogP contribution in [0.15, 0.2) is 109 Å². The lowest BCUT2D eigenvalue weighted by atomic mass is 9.88. The molecule has 2 aliphatic rings. The highest BCUT2D eigenvalue weighted by Gasteiger charge is 2.33. The molecular weight excluding hydrogens is 1040 g/mol. The Balaban J connectivity index is 0.699. The third kappa shape index (κ3) is 15.7. The van der Waals surface area contributed by atoms with E-state index in [1.54, 1.807) is 55.5 Å². The van der Waals surface area contributed by atoms with E-state index in [0.717, 1.165) is 72.6 Å². The zero-order valence-corrected chi connectivity index (χ0v) is 45.7. The molecule has 0 aliphatic carbocycles. The number of likely N-dealkylation sites (tertiary alicyclic amines) is 1. The Labute approximate surface area is 464 Å². The molecule has 6 aromatic rings. The molecule has 8 rings (SSSR count). The standard InChI is InChI=1S/C60H68ClF3N8O7/c1-40-35-54(69-47-18-16-46(61)17-19-47)50-36-44(15-21-56(50)72(40)41(2)73)42-10-12-43(13-11-42)59(75)67-25-29-77-31-33-79-34-32-78-30-28-70-26-22-48(23-27-70)68-52-8-5-9-55-51(52)38-49(71(55)39-60(62,63)64)7-6-24-66-53-20-14-45(58(74)65-3)37-57(53)76-4/h5,8-21,36-38,40,48,54,66,68-69H,22-35,39H2,1-4H3,(H,65,74)(H,67,75)/t40-,54+/m0/s1. The van der Waals surface area contributed by atoms with Gasteiger partial charge in [0.15, 0.2) is 0 Å². The van der Waals surface area contributed by atoms with E-state index < -0.39 is 12.7 Å². The van der Waals surface area contributed by atoms with Gasteiger partial charge in [-0.05, 0) is 134 Å². The number of hydrogen-bond donors (Lipinski definition) is 5. The van der Waals surface area contributed by atoms with Crippen LogP contribution in [-0.2, 0) is 25.5 Å². The van der Waals surface area contributed by atoms with Crippen molar-refractivity contribution >= 4 is 63.0 Å². The third-order valence-electron chi connectivity index (χ3n) is 14.0. The number of fused-ring (bicyclic) bond motifs is 2. The van der Waals surface area contributed by atoms with Crippen LogP contribution in [0.3, 0.4) is 0 Å². The summed E-state index contributed by atoms with van der Waals surface area (Å²) in [5, 5.41) is 17.2. The molecule has 2 aliphatic heterocycles. The topological polar surface area (TPSA) is 160 Å². The minimum absolute atomic E-state index is 0.00233. The number of piperidine rings is 1. The Bertz CT molecular complexity index is 3100. The second-order valence-electron chi connectivity index (χ2n) is 19.5. The number of nitrogens with zero attached hydrogens (tertiary/aromatic N) is 3. The van der Waals surface area contributed by atoms with Crippen LogP contribution in [0, 0.1) is 11.8 Å². The predicted molar refractivity (Wildman–Crippen MR) is 305 cm³/mol. The number of nitrogens with one attached hydrogen (secondary N) is 5. The quantitative estimate of drug-likeness (QED) is 0.0307. The van der Waals surface area contributed by atoms with Crippen molar-refractivity contribution in [2.75, 3.05) is 107 Å². The van der Waals surface area contributed by atoms with Crippen molar-refractivity contribution < 1.29 is 46.5 Å². The number of alkyl halides is 3. The molecule has 0 bridgehead atoms. The summed E-state index contributed by atoms with van der Waals surface area (Å²) in [5.41, 5.74) is 7.80. The highest BCUT2D eigenvalue weighted by Crippen LogP contribution is 2.41. The minimum Gasteiger partial charge on any atom is -0.495 e. The second-order valence-corrected chi connectivity index (χ2v) is 19.9. The SMILES string of the molecule is CNC(=O)c1ccc(NCC#Cc2cc3c(NC4CCN(CCOCCOCCOCCNC(=O)c5ccc(-c6ccc7c(c6)[C@H](Nc6ccc(Cl)cc6)C[C@H](C)N7C(C)=O)cc5)CC4)cccc3n2CC(F)(F)F)c(OC)c1. The summed E-state index contributed by atoms with van der Waals surface area (Å²) in [4.78, 5) is 41.9. The van der Waals surface area contributed by atoms with Crippen molar-refractivity contribution in [3.63, 3.8) is 0 Å². The van der Waals surface area contributed by atoms with E-state index in [4.69, 9.17) is 30.5 Å². The predicted octanol–water partition coefficient (Wildman–Crippen LogP) is 10.0. The highest BCUT2D eigenvalue weighted by atomic mass is 35.5. The summed E-state index contributed by atoms with van der Waals surface area (Å²) >= 11 is 6.13. The fourth-order valence-corrected chi connectivity index (χ4v) is 10.2. The summed E-state index contributed by atoms with van der Waals surface area (Å²) in [6.07, 6.45) is -2.00. The fraction of sp³-hybridized carbons (Fsp3) is 0.383. The molecule has 0 radical (unpaired) electrons. The summed E-state index contributed by atoms with van der Waals surface area (Å²) in [5.74, 6) is 5.88. The van der Waals surface area contributed by atoms with Crippen LogP contribution in [-0.4, -0.2) is 132 Å². The molecule has 1 aromatic heterocycles. The van der Waals surface area contributed by atoms with Crippen molar-refractivity contribution in [2.24, 2.45) is 0 Å². The summed E-state index contributed by atoms with van der Waals surface area (Å²) in [7, 11) is 3.02. The van der Waals surface area contributed by atoms with Gasteiger partial charge in [-0.2, -0.15) is 13.2 Å². The Morgan fingerprint density at radius 1 is 0.772 bits per heavy atom. The van der Waals surface area contributed by atoms with Crippen LogP contribution in [0.5, 0.6) is 5.75 Å². The van der Waals surface area contributed by atoms with E-state index in [9.17, 15) is 27.6 Å². The molecule has 418 valence electrons. The monoisotopic (exact) mass is 1100 g/mol. The van der Waals surface area contributed by atoms with Gasteiger partial charge in [-0.15, -0.1) is 0 Å². The van der Waals surface area contributed by atoms with Crippen molar-refractivity contribution in [3.05, 3.63) is 137 Å². The Kier molecular flexibility index (Phi) is 20.2. The molecule has 1 fully saturated rings. The van der Waals surface area contributed by atoms with Gasteiger partial charge in [-0.3, -0.25) is 14.4 Å². The van der Waals surface area contributed by atoms with Crippen molar-refractivity contribution in [3.8, 4) is 28.7 Å². The number of carbonyl (C=O) groups excluding carboxylic acids is 3. The molecule has 1 saturated heterocycles. The van der Waals surface area contributed by atoms with E-state index >= 15 is 0 Å². The van der Waals surface area contributed by atoms with E-state index in [0.29, 0.717) is 84.7 Å². The molecule has 3 amide bonds. The first-order chi connectivity index (χ1) is 38.2. The molecular formula is C60H68ClF3N8O7. The minimum atomic E-state index is -4.45. The number of amides is 3. The smallest absolute Gasteiger partial charge is 0.406 e. The maximum Gasteiger partial charge on any atom is 0.406 e. The number of hydrogen-bond acceptors (Lipinski definition) is 11. The lowest BCUT2D eigenvalue weighted by molar-refractivity contribution is -0.140. The van der Waals surface area contributed by atoms with Gasteiger partial charge in [-0.1, -0.05) is 41.8 Å². The van der Waals surface area contributed by atoms with Gasteiger partial charge in [-0.25, -0.2) is 0 Å². The Morgan fingerprint density at radius 2 is 1.47 bits per heavy atom. The van der Waals surface area contributed by atoms with Crippen LogP contribution in [0.4, 0.5) is 35.9 Å². The van der Waals surface area contributed by atoms with Gasteiger partial charge in [0.2, 0.25) is 5.91 Å². The van der Waals surface area contributed by atoms with E-state index in [1.807, 2.05) is 59.5 Å². The van der Waals surface area contributed by atoms with Gasteiger partial charge in [0.25, 0.3) is 11.8 Å². The van der Waals surface area contributed by atoms with Crippen molar-refractivity contribution in [1.29, 1.82) is 0 Å². The van der Waals surface area contributed by atoms with Gasteiger partial charge < -0.3 is 59.9 Å². The van der Waals surface area contributed by atoms with E-state index in [1.165, 1.54) is 18.7 Å². The molecule has 5 aromatic carbocycles. The Hall–Kier alpha value is -7.27. The molecule has 15 nitrogen and oxygen atoms in total. The summed E-state index contributed by atoms with van der Waals surface area (Å²) < 4.78 is 65.4. The molecule has 3 heterocycles. The zero-order valence-electron chi connectivity index (χ0n) is 44.9. The number of anilines is 4. The molecule has 0 spiro atoms. The maximum atomic E-state index is 13.9. The number of methoxy groups -OCH3 is 1. The van der Waals surface area contributed by atoms with Crippen LogP contribution in [0.2, 0.25) is 5.02 Å². The first-order valence-corrected chi connectivity index (χ1v) is 26.9. The highest BCUT2D eigenvalue weighted by molar-refractivity contribution is 6.30. The molecule has 19 heteroatoms. The van der Waals surface area contributed by atoms with Gasteiger partial charge >= 0.3 is 6.18 Å². The maximum absolute atomic E-state index is 13.9. The summed E-state index contributed by atoms with van der Waals surface area (Å²) in [6, 6.07) is 33.3. The molecule has 0 saturated carbocycles. The van der Waals surface area contributed by atoms with Crippen LogP contribution in [0.1, 0.15) is 71.1 Å². The number of carbonyl (C=O) groups is 3. The number of rotatable bonds is 23. The van der Waals surface area contributed by atoms with Crippen LogP contribution < -0.4 is 36.2 Å². The number of ether oxygens (including phenoxy) is 4. The first-order valence-electron chi connectivity index (χ1n) is 26.6. The number of benzene rings is 5. The summed E-state index contributed by atoms with van der Waals surface area (Å²) in [6.45, 7) is 7.97. The molecule has 79 heavy (non-hydrogen) atoms. The van der Waals surface area contributed by atoms with Crippen molar-refractivity contribution in [2.45, 2.75) is 64.0 Å². The van der Waals surface area contributed by atoms with Gasteiger partial charge in [0, 0.05) is 90.8 Å². The Morgan fingerprint density at radius 3 is 2.16 bits per heavy atom. The number of aromatic nitrogens is 1.